The van der Waals surface area contributed by atoms with Crippen molar-refractivity contribution in [2.75, 3.05) is 33.2 Å². The average Bonchev–Trinajstić information content (AvgIpc) is 2.99. The van der Waals surface area contributed by atoms with Crippen molar-refractivity contribution in [3.8, 4) is 0 Å². The lowest BCUT2D eigenvalue weighted by molar-refractivity contribution is 0.0149. The topological polar surface area (TPSA) is 65.6 Å². The van der Waals surface area contributed by atoms with Crippen molar-refractivity contribution in [3.63, 3.8) is 0 Å². The zero-order valence-corrected chi connectivity index (χ0v) is 15.2. The van der Waals surface area contributed by atoms with Crippen LogP contribution in [0.4, 0.5) is 4.79 Å². The molecule has 1 fully saturated rings. The lowest BCUT2D eigenvalue weighted by Gasteiger charge is -2.35. The van der Waals surface area contributed by atoms with Gasteiger partial charge in [0.1, 0.15) is 5.60 Å². The van der Waals surface area contributed by atoms with Gasteiger partial charge in [-0.3, -0.25) is 9.69 Å². The molecule has 0 aliphatic carbocycles. The fourth-order valence-electron chi connectivity index (χ4n) is 3.05. The molecule has 2 rings (SSSR count). The molecule has 0 saturated carbocycles. The second-order valence-electron chi connectivity index (χ2n) is 7.64. The first kappa shape index (κ1) is 18.5. The summed E-state index contributed by atoms with van der Waals surface area (Å²) in [6.07, 6.45) is 3.56. The highest BCUT2D eigenvalue weighted by Gasteiger charge is 2.28. The fraction of sp³-hybridized carbons (Fsp3) is 0.667. The Morgan fingerprint density at radius 1 is 1.42 bits per heavy atom. The van der Waals surface area contributed by atoms with Crippen LogP contribution < -0.4 is 0 Å². The van der Waals surface area contributed by atoms with Gasteiger partial charge < -0.3 is 14.6 Å². The number of aromatic nitrogens is 1. The maximum atomic E-state index is 12.2. The normalized spacial score (nSPS) is 18.7. The molecule has 1 N–H and O–H groups in total. The molecule has 1 atom stereocenters. The Balaban J connectivity index is 1.81. The van der Waals surface area contributed by atoms with Gasteiger partial charge >= 0.3 is 6.09 Å². The first-order valence-electron chi connectivity index (χ1n) is 8.57. The van der Waals surface area contributed by atoms with E-state index in [-0.39, 0.29) is 11.9 Å². The molecule has 0 bridgehead atoms. The number of carbonyl (C=O) groups is 2. The number of hydrogen-bond acceptors (Lipinski definition) is 4. The van der Waals surface area contributed by atoms with Gasteiger partial charge in [0.2, 0.25) is 0 Å². The number of likely N-dealkylation sites (tertiary alicyclic amines) is 1. The van der Waals surface area contributed by atoms with Crippen LogP contribution in [0.1, 0.15) is 44.1 Å². The van der Waals surface area contributed by atoms with Gasteiger partial charge in [-0.1, -0.05) is 0 Å². The van der Waals surface area contributed by atoms with E-state index in [1.807, 2.05) is 38.8 Å². The maximum Gasteiger partial charge on any atom is 0.410 e. The largest absolute Gasteiger partial charge is 0.444 e. The van der Waals surface area contributed by atoms with E-state index in [9.17, 15) is 9.59 Å². The minimum atomic E-state index is -0.469. The fourth-order valence-corrected chi connectivity index (χ4v) is 3.05. The van der Waals surface area contributed by atoms with Crippen molar-refractivity contribution >= 4 is 11.9 Å². The summed E-state index contributed by atoms with van der Waals surface area (Å²) >= 11 is 0. The van der Waals surface area contributed by atoms with Crippen LogP contribution in [0.2, 0.25) is 0 Å². The summed E-state index contributed by atoms with van der Waals surface area (Å²) in [5.41, 5.74) is 0.171. The van der Waals surface area contributed by atoms with Crippen LogP contribution >= 0.6 is 0 Å². The zero-order chi connectivity index (χ0) is 17.7. The molecule has 2 heterocycles. The lowest BCUT2D eigenvalue weighted by Crippen LogP contribution is -2.45. The molecule has 6 heteroatoms. The van der Waals surface area contributed by atoms with E-state index in [1.165, 1.54) is 0 Å². The van der Waals surface area contributed by atoms with E-state index in [0.717, 1.165) is 25.9 Å². The summed E-state index contributed by atoms with van der Waals surface area (Å²) in [6, 6.07) is 3.62. The molecule has 24 heavy (non-hydrogen) atoms. The summed E-state index contributed by atoms with van der Waals surface area (Å²) in [5.74, 6) is 0.454. The minimum absolute atomic E-state index is 0.0855. The van der Waals surface area contributed by atoms with Gasteiger partial charge in [-0.25, -0.2) is 4.79 Å². The van der Waals surface area contributed by atoms with Gasteiger partial charge in [0.15, 0.2) is 5.78 Å². The Morgan fingerprint density at radius 2 is 2.17 bits per heavy atom. The second-order valence-corrected chi connectivity index (χ2v) is 7.64. The molecular weight excluding hydrogens is 306 g/mol. The van der Waals surface area contributed by atoms with E-state index < -0.39 is 5.60 Å². The van der Waals surface area contributed by atoms with E-state index in [2.05, 4.69) is 4.98 Å². The lowest BCUT2D eigenvalue weighted by atomic mass is 9.97. The molecule has 1 amide bonds. The SMILES string of the molecule is CN(CC(=O)c1ccc[nH]1)CC1CCCN(C(=O)OC(C)(C)C)C1. The molecule has 134 valence electrons. The Labute approximate surface area is 144 Å². The first-order valence-corrected chi connectivity index (χ1v) is 8.57. The molecule has 1 aromatic heterocycles. The number of rotatable bonds is 5. The molecular formula is C18H29N3O3. The molecule has 1 unspecified atom stereocenters. The second kappa shape index (κ2) is 7.83. The van der Waals surface area contributed by atoms with E-state index in [0.29, 0.717) is 24.7 Å². The summed E-state index contributed by atoms with van der Waals surface area (Å²) in [7, 11) is 1.95. The van der Waals surface area contributed by atoms with E-state index in [4.69, 9.17) is 4.74 Å². The van der Waals surface area contributed by atoms with Gasteiger partial charge in [0, 0.05) is 25.8 Å². The smallest absolute Gasteiger partial charge is 0.410 e. The number of ketones is 1. The highest BCUT2D eigenvalue weighted by Crippen LogP contribution is 2.20. The quantitative estimate of drug-likeness (QED) is 0.840. The Morgan fingerprint density at radius 3 is 2.79 bits per heavy atom. The number of aromatic amines is 1. The maximum absolute atomic E-state index is 12.2. The number of likely N-dealkylation sites (N-methyl/N-ethyl adjacent to an activating group) is 1. The van der Waals surface area contributed by atoms with E-state index >= 15 is 0 Å². The molecule has 0 aromatic carbocycles. The molecule has 6 nitrogen and oxygen atoms in total. The summed E-state index contributed by atoms with van der Waals surface area (Å²) < 4.78 is 5.46. The van der Waals surface area contributed by atoms with Crippen LogP contribution in [0.5, 0.6) is 0 Å². The first-order chi connectivity index (χ1) is 11.2. The zero-order valence-electron chi connectivity index (χ0n) is 15.2. The van der Waals surface area contributed by atoms with Gasteiger partial charge in [0.25, 0.3) is 0 Å². The highest BCUT2D eigenvalue weighted by molar-refractivity contribution is 5.95. The summed E-state index contributed by atoms with van der Waals surface area (Å²) in [4.78, 5) is 31.1. The molecule has 1 aliphatic heterocycles. The van der Waals surface area contributed by atoms with Crippen LogP contribution in [0.25, 0.3) is 0 Å². The van der Waals surface area contributed by atoms with Gasteiger partial charge in [-0.2, -0.15) is 0 Å². The number of carbonyl (C=O) groups excluding carboxylic acids is 2. The third-order valence-corrected chi connectivity index (χ3v) is 4.05. The number of nitrogens with zero attached hydrogens (tertiary/aromatic N) is 2. The van der Waals surface area contributed by atoms with Crippen molar-refractivity contribution in [3.05, 3.63) is 24.0 Å². The average molecular weight is 335 g/mol. The van der Waals surface area contributed by atoms with Crippen molar-refractivity contribution in [1.29, 1.82) is 0 Å². The van der Waals surface area contributed by atoms with Gasteiger partial charge in [-0.05, 0) is 58.7 Å². The predicted octanol–water partition coefficient (Wildman–Crippen LogP) is 2.78. The standard InChI is InChI=1S/C18H29N3O3/c1-18(2,3)24-17(23)21-10-6-7-14(12-21)11-20(4)13-16(22)15-8-5-9-19-15/h5,8-9,14,19H,6-7,10-13H2,1-4H3. The van der Waals surface area contributed by atoms with E-state index in [1.54, 1.807) is 17.2 Å². The number of hydrogen-bond donors (Lipinski definition) is 1. The molecule has 1 aromatic rings. The highest BCUT2D eigenvalue weighted by atomic mass is 16.6. The Hall–Kier alpha value is -1.82. The number of H-pyrrole nitrogens is 1. The number of piperidine rings is 1. The molecule has 1 aliphatic rings. The molecule has 1 saturated heterocycles. The van der Waals surface area contributed by atoms with Crippen LogP contribution in [-0.2, 0) is 4.74 Å². The monoisotopic (exact) mass is 335 g/mol. The van der Waals surface area contributed by atoms with Crippen LogP contribution in [0.3, 0.4) is 0 Å². The minimum Gasteiger partial charge on any atom is -0.444 e. The van der Waals surface area contributed by atoms with Crippen molar-refractivity contribution in [2.24, 2.45) is 5.92 Å². The van der Waals surface area contributed by atoms with Gasteiger partial charge in [0.05, 0.1) is 12.2 Å². The van der Waals surface area contributed by atoms with Crippen LogP contribution in [0.15, 0.2) is 18.3 Å². The number of ether oxygens (including phenoxy) is 1. The van der Waals surface area contributed by atoms with Crippen LogP contribution in [0, 0.1) is 5.92 Å². The third kappa shape index (κ3) is 5.67. The van der Waals surface area contributed by atoms with Crippen molar-refractivity contribution in [1.82, 2.24) is 14.8 Å². The molecule has 0 radical (unpaired) electrons. The van der Waals surface area contributed by atoms with Gasteiger partial charge in [-0.15, -0.1) is 0 Å². The third-order valence-electron chi connectivity index (χ3n) is 4.05. The van der Waals surface area contributed by atoms with Crippen molar-refractivity contribution < 1.29 is 14.3 Å². The number of amides is 1. The number of Topliss-reactive ketones (excluding diaryl/α,β-unsaturated/α-hetero) is 1. The number of nitrogens with one attached hydrogen (secondary N) is 1. The van der Waals surface area contributed by atoms with Crippen molar-refractivity contribution in [2.45, 2.75) is 39.2 Å². The van der Waals surface area contributed by atoms with Crippen LogP contribution in [-0.4, -0.2) is 65.5 Å². The predicted molar refractivity (Wildman–Crippen MR) is 93.2 cm³/mol. The summed E-state index contributed by atoms with van der Waals surface area (Å²) in [6.45, 7) is 8.26. The molecule has 0 spiro atoms. The Bertz CT molecular complexity index is 548. The Kier molecular flexibility index (Phi) is 6.04. The summed E-state index contributed by atoms with van der Waals surface area (Å²) in [5, 5.41) is 0.